The summed E-state index contributed by atoms with van der Waals surface area (Å²) in [6.45, 7) is 39.4. The highest BCUT2D eigenvalue weighted by Gasteiger charge is 2.76. The maximum Gasteiger partial charge on any atom is 0.417 e. The molecule has 20 fully saturated rings. The average Bonchev–Trinajstić information content (AvgIpc) is 1.50. The molecule has 0 saturated heterocycles. The van der Waals surface area contributed by atoms with Gasteiger partial charge in [-0.15, -0.1) is 0 Å². The second kappa shape index (κ2) is 29.9. The van der Waals surface area contributed by atoms with E-state index < -0.39 is 70.1 Å². The normalized spacial score (nSPS) is 52.6. The van der Waals surface area contributed by atoms with E-state index in [1.807, 2.05) is 0 Å². The second-order valence-electron chi connectivity index (χ2n) is 50.2. The van der Waals surface area contributed by atoms with E-state index in [1.165, 1.54) is 58.8 Å². The Kier molecular flexibility index (Phi) is 22.9. The molecule has 684 valence electrons. The molecule has 0 amide bonds. The number of halogens is 15. The highest BCUT2D eigenvalue weighted by molar-refractivity contribution is 5.23. The van der Waals surface area contributed by atoms with Crippen LogP contribution in [0, 0.1) is 266 Å². The first-order chi connectivity index (χ1) is 54.5. The van der Waals surface area contributed by atoms with E-state index in [4.69, 9.17) is 9.47 Å². The smallest absolute Gasteiger partial charge is 0.381 e. The van der Waals surface area contributed by atoms with Gasteiger partial charge in [-0.3, -0.25) is 0 Å². The SMILES string of the molecule is CC1C(C)C2CC1C1C3CC(C4C5CC(CC5CC(C)(O)C(F)(F)F)C34)C21.CC1C(C)C2CC1C1C3CC(CC(C)(O)C(F)(F)F)C(C3)C21.CC1C(C)C2CC1C1C3CC(CC(C)(OC(C)(C)C)C(F)(F)F)C(C3)C21.CC1CC2C3CC(CC(C)(O)C(F)(F)F)C(C3)C2C1C.CC1CC2C3CC(CC(C)(OC(C)(C)C)C(F)(F)F)C(C3)C2C1C. The van der Waals surface area contributed by atoms with Gasteiger partial charge in [-0.05, 0) is 477 Å². The van der Waals surface area contributed by atoms with Crippen molar-refractivity contribution in [3.05, 3.63) is 0 Å². The molecule has 0 aromatic heterocycles. The van der Waals surface area contributed by atoms with Gasteiger partial charge in [0.05, 0.1) is 11.2 Å². The van der Waals surface area contributed by atoms with Gasteiger partial charge in [-0.1, -0.05) is 69.2 Å². The lowest BCUT2D eigenvalue weighted by atomic mass is 9.55. The van der Waals surface area contributed by atoms with E-state index in [1.54, 1.807) is 41.5 Å². The monoisotopic (exact) mass is 1710 g/mol. The molecule has 3 N–H and O–H groups in total. The number of ether oxygens (including phenoxy) is 2. The van der Waals surface area contributed by atoms with Crippen LogP contribution in [0.3, 0.4) is 0 Å². The van der Waals surface area contributed by atoms with Crippen molar-refractivity contribution in [1.29, 1.82) is 0 Å². The summed E-state index contributed by atoms with van der Waals surface area (Å²) in [5.74, 6) is 29.3. The predicted molar refractivity (Wildman–Crippen MR) is 431 cm³/mol. The summed E-state index contributed by atoms with van der Waals surface area (Å²) in [5, 5.41) is 29.7. The number of alkyl halides is 15. The van der Waals surface area contributed by atoms with Gasteiger partial charge < -0.3 is 24.8 Å². The van der Waals surface area contributed by atoms with E-state index in [-0.39, 0.29) is 61.7 Å². The molecule has 20 saturated carbocycles. The highest BCUT2D eigenvalue weighted by atomic mass is 19.4. The Morgan fingerprint density at radius 3 is 0.689 bits per heavy atom. The fourth-order valence-electron chi connectivity index (χ4n) is 37.8. The largest absolute Gasteiger partial charge is 0.417 e. The summed E-state index contributed by atoms with van der Waals surface area (Å²) in [6.07, 6.45) is -3.73. The molecule has 0 aromatic rings. The molecule has 5 nitrogen and oxygen atoms in total. The van der Waals surface area contributed by atoms with Crippen LogP contribution in [0.25, 0.3) is 0 Å². The molecule has 0 aliphatic heterocycles. The zero-order valence-corrected chi connectivity index (χ0v) is 75.7. The molecule has 0 aromatic carbocycles. The van der Waals surface area contributed by atoms with Crippen molar-refractivity contribution in [2.45, 2.75) is 350 Å². The quantitative estimate of drug-likeness (QED) is 0.134. The summed E-state index contributed by atoms with van der Waals surface area (Å²) in [7, 11) is 0. The van der Waals surface area contributed by atoms with Crippen molar-refractivity contribution in [2.75, 3.05) is 0 Å². The van der Waals surface area contributed by atoms with Gasteiger partial charge in [-0.25, -0.2) is 0 Å². The minimum atomic E-state index is -4.51. The third-order valence-corrected chi connectivity index (χ3v) is 42.3. The summed E-state index contributed by atoms with van der Waals surface area (Å²) in [5.41, 5.74) is -13.2. The van der Waals surface area contributed by atoms with Crippen LogP contribution in [0.5, 0.6) is 0 Å². The Balaban J connectivity index is 0.000000111. The minimum Gasteiger partial charge on any atom is -0.381 e. The van der Waals surface area contributed by atoms with Crippen LogP contribution in [0.4, 0.5) is 65.9 Å². The van der Waals surface area contributed by atoms with Gasteiger partial charge in [0.25, 0.3) is 0 Å². The Hall–Kier alpha value is -1.25. The molecule has 0 radical (unpaired) electrons. The van der Waals surface area contributed by atoms with Crippen molar-refractivity contribution < 1.29 is 90.6 Å². The zero-order chi connectivity index (χ0) is 87.2. The van der Waals surface area contributed by atoms with Crippen molar-refractivity contribution >= 4 is 0 Å². The van der Waals surface area contributed by atoms with E-state index in [9.17, 15) is 81.2 Å². The predicted octanol–water partition coefficient (Wildman–Crippen LogP) is 26.5. The molecule has 20 heteroatoms. The van der Waals surface area contributed by atoms with Crippen molar-refractivity contribution in [3.63, 3.8) is 0 Å². The van der Waals surface area contributed by atoms with Crippen molar-refractivity contribution in [3.8, 4) is 0 Å². The summed E-state index contributed by atoms with van der Waals surface area (Å²) < 4.78 is 212. The molecule has 0 spiro atoms. The van der Waals surface area contributed by atoms with Crippen LogP contribution in [0.1, 0.15) is 280 Å². The minimum absolute atomic E-state index is 0.0608. The van der Waals surface area contributed by atoms with Crippen LogP contribution in [-0.2, 0) is 9.47 Å². The number of rotatable bonds is 12. The molecule has 20 rings (SSSR count). The summed E-state index contributed by atoms with van der Waals surface area (Å²) >= 11 is 0. The van der Waals surface area contributed by atoms with Crippen LogP contribution < -0.4 is 0 Å². The van der Waals surface area contributed by atoms with E-state index in [0.29, 0.717) is 107 Å². The standard InChI is InChI=1S/C23H33F3O.C22H35F3O.C20H33F3O.C18H27F3O.C16H25F3O/c1-9-10(2)14-6-13(9)19-16-7-17(20(14)19)21-15-5-11(18(16)21)4-12(15)8-22(3,27)23(24,25)26;1-11-12(2)16-9-15(11)18-13-7-14(17(8-13)19(16)18)10-21(6,22(23,24)25)26-20(3,4)5;1-11-7-15-13-8-14(16(9-13)17(15)12(11)2)10-19(6,20(21,22)23)24-18(3,4)5;1-8-9(2)13-6-12(8)15-10-4-11(14(5-10)16(13)15)7-17(3,22)18(19,20)21;1-8-4-12-10-5-11(7-15(3,20)16(17,18)19)13(6-10)14(12)9(8)2/h9-21,27H,4-8H2,1-3H3;11-19H,7-10H2,1-6H3;11-17H,7-10H2,1-6H3;8-16,22H,4-7H2,1-3H3;8-14,20H,4-7H2,1-3H3. The topological polar surface area (TPSA) is 79.2 Å². The van der Waals surface area contributed by atoms with Crippen molar-refractivity contribution in [1.82, 2.24) is 0 Å². The molecule has 18 bridgehead atoms. The summed E-state index contributed by atoms with van der Waals surface area (Å²) in [4.78, 5) is 0. The maximum absolute atomic E-state index is 13.9. The zero-order valence-electron chi connectivity index (χ0n) is 75.7. The molecule has 20 aliphatic carbocycles. The first-order valence-electron chi connectivity index (χ1n) is 48.4. The Labute approximate surface area is 704 Å². The molecule has 50 atom stereocenters. The second-order valence-corrected chi connectivity index (χ2v) is 50.2. The lowest BCUT2D eigenvalue weighted by Gasteiger charge is -2.50. The lowest BCUT2D eigenvalue weighted by Crippen LogP contribution is -2.51. The third-order valence-electron chi connectivity index (χ3n) is 42.3. The van der Waals surface area contributed by atoms with Crippen LogP contribution in [0.15, 0.2) is 0 Å². The maximum atomic E-state index is 13.9. The Bertz CT molecular complexity index is 3620. The van der Waals surface area contributed by atoms with Gasteiger partial charge in [0.15, 0.2) is 28.0 Å². The van der Waals surface area contributed by atoms with E-state index in [0.717, 1.165) is 209 Å². The van der Waals surface area contributed by atoms with Gasteiger partial charge in [-0.2, -0.15) is 65.9 Å². The van der Waals surface area contributed by atoms with Crippen LogP contribution in [-0.4, -0.2) is 85.4 Å². The molecule has 119 heavy (non-hydrogen) atoms. The van der Waals surface area contributed by atoms with Gasteiger partial charge in [0.2, 0.25) is 0 Å². The third kappa shape index (κ3) is 14.9. The van der Waals surface area contributed by atoms with Crippen LogP contribution >= 0.6 is 0 Å². The highest BCUT2D eigenvalue weighted by Crippen LogP contribution is 2.80. The number of hydrogen-bond acceptors (Lipinski definition) is 5. The fraction of sp³-hybridized carbons (Fsp3) is 1.00. The van der Waals surface area contributed by atoms with E-state index in [2.05, 4.69) is 69.2 Å². The van der Waals surface area contributed by atoms with Crippen LogP contribution in [0.2, 0.25) is 0 Å². The van der Waals surface area contributed by atoms with Gasteiger partial charge in [0.1, 0.15) is 0 Å². The molecular formula is C99H153F15O5. The first kappa shape index (κ1) is 91.1. The Morgan fingerprint density at radius 1 is 0.210 bits per heavy atom. The molecule has 20 aliphatic rings. The molecule has 50 unspecified atom stereocenters. The number of hydrogen-bond donors (Lipinski definition) is 3. The summed E-state index contributed by atoms with van der Waals surface area (Å²) in [6, 6.07) is 0. The number of fused-ring (bicyclic) bond motifs is 44. The molecule has 0 heterocycles. The lowest BCUT2D eigenvalue weighted by molar-refractivity contribution is -0.303. The van der Waals surface area contributed by atoms with Gasteiger partial charge in [0, 0.05) is 0 Å². The van der Waals surface area contributed by atoms with Crippen molar-refractivity contribution in [2.24, 2.45) is 266 Å². The number of aliphatic hydroxyl groups is 3. The average molecular weight is 1710 g/mol. The fourth-order valence-corrected chi connectivity index (χ4v) is 37.8. The first-order valence-corrected chi connectivity index (χ1v) is 48.4. The van der Waals surface area contributed by atoms with Gasteiger partial charge >= 0.3 is 30.9 Å². The Morgan fingerprint density at radius 2 is 0.420 bits per heavy atom. The molecular weight excluding hydrogens is 1550 g/mol. The van der Waals surface area contributed by atoms with E-state index >= 15 is 0 Å².